The standard InChI is InChI=1S/C8H14N4/c1-2-12-8-5-6(9)3-4-7(8)10-11-12/h6H,2-5,9H2,1H3/t6-/m0/s1. The van der Waals surface area contributed by atoms with E-state index in [2.05, 4.69) is 17.2 Å². The van der Waals surface area contributed by atoms with E-state index >= 15 is 0 Å². The minimum atomic E-state index is 0.307. The minimum absolute atomic E-state index is 0.307. The maximum atomic E-state index is 5.86. The molecule has 4 nitrogen and oxygen atoms in total. The highest BCUT2D eigenvalue weighted by atomic mass is 15.4. The molecule has 4 heteroatoms. The van der Waals surface area contributed by atoms with Crippen molar-refractivity contribution < 1.29 is 0 Å². The molecule has 1 aliphatic rings. The van der Waals surface area contributed by atoms with Gasteiger partial charge in [0, 0.05) is 19.0 Å². The van der Waals surface area contributed by atoms with E-state index in [0.717, 1.165) is 31.5 Å². The van der Waals surface area contributed by atoms with Crippen LogP contribution in [-0.4, -0.2) is 21.0 Å². The quantitative estimate of drug-likeness (QED) is 0.644. The number of nitrogens with zero attached hydrogens (tertiary/aromatic N) is 3. The predicted octanol–water partition coefficient (Wildman–Crippen LogP) is 0.114. The van der Waals surface area contributed by atoms with Crippen molar-refractivity contribution >= 4 is 0 Å². The third-order valence-corrected chi connectivity index (χ3v) is 2.43. The van der Waals surface area contributed by atoms with Crippen LogP contribution in [0.3, 0.4) is 0 Å². The Morgan fingerprint density at radius 2 is 2.50 bits per heavy atom. The molecule has 0 spiro atoms. The number of hydrogen-bond donors (Lipinski definition) is 1. The molecule has 66 valence electrons. The topological polar surface area (TPSA) is 56.7 Å². The van der Waals surface area contributed by atoms with E-state index in [4.69, 9.17) is 5.73 Å². The van der Waals surface area contributed by atoms with Gasteiger partial charge in [0.1, 0.15) is 0 Å². The van der Waals surface area contributed by atoms with Crippen molar-refractivity contribution in [1.29, 1.82) is 0 Å². The number of aromatic nitrogens is 3. The second-order valence-corrected chi connectivity index (χ2v) is 3.30. The van der Waals surface area contributed by atoms with Gasteiger partial charge in [-0.15, -0.1) is 5.10 Å². The first kappa shape index (κ1) is 7.73. The van der Waals surface area contributed by atoms with E-state index < -0.39 is 0 Å². The first-order valence-electron chi connectivity index (χ1n) is 4.48. The second-order valence-electron chi connectivity index (χ2n) is 3.30. The molecule has 0 aromatic carbocycles. The van der Waals surface area contributed by atoms with Gasteiger partial charge in [0.05, 0.1) is 11.4 Å². The van der Waals surface area contributed by atoms with Crippen LogP contribution in [0.15, 0.2) is 0 Å². The largest absolute Gasteiger partial charge is 0.327 e. The Balaban J connectivity index is 2.34. The van der Waals surface area contributed by atoms with Gasteiger partial charge in [-0.2, -0.15) is 0 Å². The van der Waals surface area contributed by atoms with E-state index in [1.165, 1.54) is 5.69 Å². The number of fused-ring (bicyclic) bond motifs is 1. The summed E-state index contributed by atoms with van der Waals surface area (Å²) >= 11 is 0. The molecular weight excluding hydrogens is 152 g/mol. The molecule has 1 heterocycles. The molecule has 0 saturated heterocycles. The lowest BCUT2D eigenvalue weighted by molar-refractivity contribution is 0.528. The van der Waals surface area contributed by atoms with Crippen molar-refractivity contribution in [3.05, 3.63) is 11.4 Å². The summed E-state index contributed by atoms with van der Waals surface area (Å²) in [7, 11) is 0. The van der Waals surface area contributed by atoms with E-state index in [-0.39, 0.29) is 0 Å². The number of rotatable bonds is 1. The second kappa shape index (κ2) is 2.86. The Kier molecular flexibility index (Phi) is 1.84. The van der Waals surface area contributed by atoms with Crippen LogP contribution in [0.25, 0.3) is 0 Å². The highest BCUT2D eigenvalue weighted by Gasteiger charge is 2.20. The molecule has 1 aromatic rings. The Morgan fingerprint density at radius 1 is 1.67 bits per heavy atom. The lowest BCUT2D eigenvalue weighted by Crippen LogP contribution is -2.29. The first-order valence-corrected chi connectivity index (χ1v) is 4.48. The van der Waals surface area contributed by atoms with Gasteiger partial charge in [-0.05, 0) is 19.8 Å². The third kappa shape index (κ3) is 1.12. The predicted molar refractivity (Wildman–Crippen MR) is 45.7 cm³/mol. The molecule has 1 aliphatic carbocycles. The van der Waals surface area contributed by atoms with Gasteiger partial charge in [0.25, 0.3) is 0 Å². The lowest BCUT2D eigenvalue weighted by atomic mass is 9.97. The summed E-state index contributed by atoms with van der Waals surface area (Å²) < 4.78 is 1.95. The summed E-state index contributed by atoms with van der Waals surface area (Å²) in [5.74, 6) is 0. The van der Waals surface area contributed by atoms with E-state index in [1.807, 2.05) is 4.68 Å². The molecule has 12 heavy (non-hydrogen) atoms. The lowest BCUT2D eigenvalue weighted by Gasteiger charge is -2.17. The molecule has 0 radical (unpaired) electrons. The van der Waals surface area contributed by atoms with Crippen LogP contribution in [0.2, 0.25) is 0 Å². The van der Waals surface area contributed by atoms with Crippen molar-refractivity contribution in [3.8, 4) is 0 Å². The Labute approximate surface area is 71.8 Å². The number of aryl methyl sites for hydroxylation is 2. The van der Waals surface area contributed by atoms with Crippen LogP contribution in [0.4, 0.5) is 0 Å². The molecule has 0 unspecified atom stereocenters. The number of nitrogens with two attached hydrogens (primary N) is 1. The highest BCUT2D eigenvalue weighted by Crippen LogP contribution is 2.17. The zero-order chi connectivity index (χ0) is 8.55. The normalized spacial score (nSPS) is 22.3. The maximum Gasteiger partial charge on any atom is 0.0860 e. The Hall–Kier alpha value is -0.900. The van der Waals surface area contributed by atoms with E-state index in [1.54, 1.807) is 0 Å². The fraction of sp³-hybridized carbons (Fsp3) is 0.750. The molecule has 2 rings (SSSR count). The summed E-state index contributed by atoms with van der Waals surface area (Å²) in [6.45, 7) is 2.98. The van der Waals surface area contributed by atoms with Gasteiger partial charge in [-0.25, -0.2) is 4.68 Å². The van der Waals surface area contributed by atoms with Gasteiger partial charge in [0.15, 0.2) is 0 Å². The molecule has 0 amide bonds. The van der Waals surface area contributed by atoms with E-state index in [0.29, 0.717) is 6.04 Å². The SMILES string of the molecule is CCn1nnc2c1C[C@@H](N)CC2. The molecule has 1 aromatic heterocycles. The fourth-order valence-corrected chi connectivity index (χ4v) is 1.71. The monoisotopic (exact) mass is 166 g/mol. The maximum absolute atomic E-state index is 5.86. The van der Waals surface area contributed by atoms with Gasteiger partial charge >= 0.3 is 0 Å². The van der Waals surface area contributed by atoms with Crippen molar-refractivity contribution in [3.63, 3.8) is 0 Å². The zero-order valence-corrected chi connectivity index (χ0v) is 7.32. The smallest absolute Gasteiger partial charge is 0.0860 e. The van der Waals surface area contributed by atoms with Gasteiger partial charge in [-0.1, -0.05) is 5.21 Å². The molecule has 1 atom stereocenters. The molecule has 2 N–H and O–H groups in total. The molecule has 0 fully saturated rings. The summed E-state index contributed by atoms with van der Waals surface area (Å²) in [6.07, 6.45) is 2.99. The van der Waals surface area contributed by atoms with Crippen LogP contribution < -0.4 is 5.73 Å². The van der Waals surface area contributed by atoms with Gasteiger partial charge in [-0.3, -0.25) is 0 Å². The molecule has 0 aliphatic heterocycles. The summed E-state index contributed by atoms with van der Waals surface area (Å²) in [5, 5.41) is 8.18. The number of hydrogen-bond acceptors (Lipinski definition) is 3. The summed E-state index contributed by atoms with van der Waals surface area (Å²) in [4.78, 5) is 0. The van der Waals surface area contributed by atoms with Crippen molar-refractivity contribution in [2.45, 2.75) is 38.8 Å². The van der Waals surface area contributed by atoms with Crippen molar-refractivity contribution in [2.75, 3.05) is 0 Å². The van der Waals surface area contributed by atoms with Crippen LogP contribution in [0.5, 0.6) is 0 Å². The summed E-state index contributed by atoms with van der Waals surface area (Å²) in [5.41, 5.74) is 8.26. The Morgan fingerprint density at radius 3 is 3.25 bits per heavy atom. The van der Waals surface area contributed by atoms with E-state index in [9.17, 15) is 0 Å². The highest BCUT2D eigenvalue weighted by molar-refractivity contribution is 5.15. The molecule has 0 bridgehead atoms. The third-order valence-electron chi connectivity index (χ3n) is 2.43. The molecule has 0 saturated carbocycles. The van der Waals surface area contributed by atoms with Crippen LogP contribution in [0.1, 0.15) is 24.7 Å². The van der Waals surface area contributed by atoms with Crippen LogP contribution >= 0.6 is 0 Å². The van der Waals surface area contributed by atoms with Crippen LogP contribution in [0, 0.1) is 0 Å². The molecular formula is C8H14N4. The van der Waals surface area contributed by atoms with Crippen LogP contribution in [-0.2, 0) is 19.4 Å². The van der Waals surface area contributed by atoms with Gasteiger partial charge in [0.2, 0.25) is 0 Å². The average Bonchev–Trinajstić information content (AvgIpc) is 2.46. The van der Waals surface area contributed by atoms with Crippen molar-refractivity contribution in [2.24, 2.45) is 5.73 Å². The van der Waals surface area contributed by atoms with Gasteiger partial charge < -0.3 is 5.73 Å². The first-order chi connectivity index (χ1) is 5.81. The Bertz CT molecular complexity index is 265. The fourth-order valence-electron chi connectivity index (χ4n) is 1.71. The average molecular weight is 166 g/mol. The summed E-state index contributed by atoms with van der Waals surface area (Å²) in [6, 6.07) is 0.307. The minimum Gasteiger partial charge on any atom is -0.327 e. The van der Waals surface area contributed by atoms with Crippen molar-refractivity contribution in [1.82, 2.24) is 15.0 Å². The zero-order valence-electron chi connectivity index (χ0n) is 7.32.